The SMILES string of the molecule is Cc1ccccc1-c1nnc(S[C@H](C)C(=O)N2c3ccccc3C[C@@H]2C)n1C. The fourth-order valence-electron chi connectivity index (χ4n) is 3.78. The number of carbonyl (C=O) groups excluding carboxylic acids is 1. The number of hydrogen-bond acceptors (Lipinski definition) is 4. The van der Waals surface area contributed by atoms with Crippen LogP contribution in [0.4, 0.5) is 5.69 Å². The molecule has 0 saturated heterocycles. The van der Waals surface area contributed by atoms with Crippen LogP contribution >= 0.6 is 11.8 Å². The normalized spacial score (nSPS) is 16.9. The number of benzene rings is 2. The van der Waals surface area contributed by atoms with Gasteiger partial charge in [0.1, 0.15) is 0 Å². The fourth-order valence-corrected chi connectivity index (χ4v) is 4.64. The predicted octanol–water partition coefficient (Wildman–Crippen LogP) is 4.25. The maximum Gasteiger partial charge on any atom is 0.240 e. The van der Waals surface area contributed by atoms with Gasteiger partial charge in [-0.25, -0.2) is 0 Å². The Morgan fingerprint density at radius 1 is 1.14 bits per heavy atom. The molecule has 3 aromatic rings. The van der Waals surface area contributed by atoms with E-state index in [0.29, 0.717) is 0 Å². The Labute approximate surface area is 169 Å². The van der Waals surface area contributed by atoms with Crippen LogP contribution in [-0.4, -0.2) is 32.0 Å². The summed E-state index contributed by atoms with van der Waals surface area (Å²) in [5, 5.41) is 9.23. The van der Waals surface area contributed by atoms with Crippen LogP contribution in [0.5, 0.6) is 0 Å². The summed E-state index contributed by atoms with van der Waals surface area (Å²) in [7, 11) is 1.95. The highest BCUT2D eigenvalue weighted by atomic mass is 32.2. The first kappa shape index (κ1) is 18.7. The minimum atomic E-state index is -0.249. The highest BCUT2D eigenvalue weighted by Crippen LogP contribution is 2.35. The number of aryl methyl sites for hydroxylation is 1. The van der Waals surface area contributed by atoms with Crippen LogP contribution in [0.2, 0.25) is 0 Å². The quantitative estimate of drug-likeness (QED) is 0.623. The maximum absolute atomic E-state index is 13.2. The number of anilines is 1. The first-order valence-corrected chi connectivity index (χ1v) is 10.4. The number of nitrogens with zero attached hydrogens (tertiary/aromatic N) is 4. The minimum absolute atomic E-state index is 0.114. The van der Waals surface area contributed by atoms with Crippen molar-refractivity contribution in [3.63, 3.8) is 0 Å². The van der Waals surface area contributed by atoms with E-state index in [1.54, 1.807) is 0 Å². The van der Waals surface area contributed by atoms with E-state index in [1.807, 2.05) is 59.8 Å². The van der Waals surface area contributed by atoms with E-state index in [4.69, 9.17) is 0 Å². The molecule has 5 nitrogen and oxygen atoms in total. The van der Waals surface area contributed by atoms with Gasteiger partial charge in [0, 0.05) is 24.3 Å². The Balaban J connectivity index is 1.56. The molecule has 0 unspecified atom stereocenters. The summed E-state index contributed by atoms with van der Waals surface area (Å²) in [5.74, 6) is 0.933. The van der Waals surface area contributed by atoms with Crippen molar-refractivity contribution in [3.8, 4) is 11.4 Å². The lowest BCUT2D eigenvalue weighted by Crippen LogP contribution is -2.40. The number of hydrogen-bond donors (Lipinski definition) is 0. The van der Waals surface area contributed by atoms with Gasteiger partial charge >= 0.3 is 0 Å². The third-order valence-electron chi connectivity index (χ3n) is 5.30. The Hall–Kier alpha value is -2.60. The summed E-state index contributed by atoms with van der Waals surface area (Å²) in [5.41, 5.74) is 4.48. The molecular weight excluding hydrogens is 368 g/mol. The lowest BCUT2D eigenvalue weighted by Gasteiger charge is -2.25. The highest BCUT2D eigenvalue weighted by Gasteiger charge is 2.34. The molecule has 28 heavy (non-hydrogen) atoms. The predicted molar refractivity (Wildman–Crippen MR) is 114 cm³/mol. The number of fused-ring (bicyclic) bond motifs is 1. The summed E-state index contributed by atoms with van der Waals surface area (Å²) < 4.78 is 1.97. The summed E-state index contributed by atoms with van der Waals surface area (Å²) in [6.45, 7) is 6.12. The molecule has 0 N–H and O–H groups in total. The Morgan fingerprint density at radius 3 is 2.64 bits per heavy atom. The number of thioether (sulfide) groups is 1. The lowest BCUT2D eigenvalue weighted by molar-refractivity contribution is -0.118. The molecule has 0 saturated carbocycles. The molecule has 4 rings (SSSR count). The fraction of sp³-hybridized carbons (Fsp3) is 0.318. The molecule has 1 aliphatic heterocycles. The zero-order valence-electron chi connectivity index (χ0n) is 16.6. The van der Waals surface area contributed by atoms with E-state index < -0.39 is 0 Å². The van der Waals surface area contributed by atoms with Gasteiger partial charge < -0.3 is 9.47 Å². The number of aromatic nitrogens is 3. The summed E-state index contributed by atoms with van der Waals surface area (Å²) in [4.78, 5) is 15.1. The molecule has 0 spiro atoms. The second kappa shape index (κ2) is 7.43. The molecule has 0 radical (unpaired) electrons. The summed E-state index contributed by atoms with van der Waals surface area (Å²) in [6.07, 6.45) is 0.903. The number of rotatable bonds is 4. The first-order valence-electron chi connectivity index (χ1n) is 9.50. The summed E-state index contributed by atoms with van der Waals surface area (Å²) in [6, 6.07) is 16.5. The zero-order chi connectivity index (χ0) is 19.8. The van der Waals surface area contributed by atoms with E-state index >= 15 is 0 Å². The molecule has 2 heterocycles. The van der Waals surface area contributed by atoms with Gasteiger partial charge in [0.2, 0.25) is 5.91 Å². The van der Waals surface area contributed by atoms with Crippen LogP contribution in [0.1, 0.15) is 25.0 Å². The lowest BCUT2D eigenvalue weighted by atomic mass is 10.1. The third-order valence-corrected chi connectivity index (χ3v) is 6.42. The van der Waals surface area contributed by atoms with Gasteiger partial charge in [-0.2, -0.15) is 0 Å². The van der Waals surface area contributed by atoms with Crippen molar-refractivity contribution in [2.45, 2.75) is 43.6 Å². The van der Waals surface area contributed by atoms with E-state index in [2.05, 4.69) is 36.2 Å². The molecule has 1 aliphatic rings. The molecule has 6 heteroatoms. The molecular formula is C22H24N4OS. The highest BCUT2D eigenvalue weighted by molar-refractivity contribution is 8.00. The molecule has 1 aromatic heterocycles. The van der Waals surface area contributed by atoms with Gasteiger partial charge in [0.05, 0.1) is 5.25 Å². The zero-order valence-corrected chi connectivity index (χ0v) is 17.4. The largest absolute Gasteiger partial charge is 0.308 e. The number of amides is 1. The van der Waals surface area contributed by atoms with Crippen LogP contribution in [0, 0.1) is 6.92 Å². The van der Waals surface area contributed by atoms with Gasteiger partial charge in [-0.3, -0.25) is 4.79 Å². The maximum atomic E-state index is 13.2. The van der Waals surface area contributed by atoms with E-state index in [-0.39, 0.29) is 17.2 Å². The number of para-hydroxylation sites is 1. The molecule has 0 aliphatic carbocycles. The van der Waals surface area contributed by atoms with Crippen LogP contribution in [0.25, 0.3) is 11.4 Å². The molecule has 0 fully saturated rings. The van der Waals surface area contributed by atoms with Gasteiger partial charge in [0.25, 0.3) is 0 Å². The molecule has 1 amide bonds. The van der Waals surface area contributed by atoms with Crippen LogP contribution in [0.3, 0.4) is 0 Å². The number of carbonyl (C=O) groups is 1. The van der Waals surface area contributed by atoms with E-state index in [1.165, 1.54) is 17.3 Å². The molecule has 2 aromatic carbocycles. The van der Waals surface area contributed by atoms with Crippen LogP contribution in [0.15, 0.2) is 53.7 Å². The van der Waals surface area contributed by atoms with E-state index in [0.717, 1.165) is 34.2 Å². The Kier molecular flexibility index (Phi) is 4.98. The van der Waals surface area contributed by atoms with Crippen LogP contribution < -0.4 is 4.90 Å². The van der Waals surface area contributed by atoms with Gasteiger partial charge in [-0.15, -0.1) is 10.2 Å². The molecule has 2 atom stereocenters. The second-order valence-corrected chi connectivity index (χ2v) is 8.64. The Morgan fingerprint density at radius 2 is 1.86 bits per heavy atom. The van der Waals surface area contributed by atoms with Gasteiger partial charge in [-0.1, -0.05) is 54.2 Å². The van der Waals surface area contributed by atoms with E-state index in [9.17, 15) is 4.79 Å². The second-order valence-electron chi connectivity index (χ2n) is 7.33. The van der Waals surface area contributed by atoms with Gasteiger partial charge in [-0.05, 0) is 44.4 Å². The smallest absolute Gasteiger partial charge is 0.240 e. The monoisotopic (exact) mass is 392 g/mol. The summed E-state index contributed by atoms with van der Waals surface area (Å²) >= 11 is 1.46. The Bertz CT molecular complexity index is 1030. The average Bonchev–Trinajstić information content (AvgIpc) is 3.21. The third kappa shape index (κ3) is 3.22. The van der Waals surface area contributed by atoms with Crippen molar-refractivity contribution in [1.29, 1.82) is 0 Å². The van der Waals surface area contributed by atoms with Crippen molar-refractivity contribution in [2.24, 2.45) is 7.05 Å². The van der Waals surface area contributed by atoms with Gasteiger partial charge in [0.15, 0.2) is 11.0 Å². The molecule has 144 valence electrons. The van der Waals surface area contributed by atoms with Crippen molar-refractivity contribution >= 4 is 23.4 Å². The standard InChI is InChI=1S/C22H24N4OS/c1-14-9-5-7-11-18(14)20-23-24-22(25(20)4)28-16(3)21(27)26-15(2)13-17-10-6-8-12-19(17)26/h5-12,15-16H,13H2,1-4H3/t15-,16+/m0/s1. The minimum Gasteiger partial charge on any atom is -0.308 e. The van der Waals surface area contributed by atoms with Crippen molar-refractivity contribution < 1.29 is 4.79 Å². The topological polar surface area (TPSA) is 51.0 Å². The van der Waals surface area contributed by atoms with Crippen molar-refractivity contribution in [2.75, 3.05) is 4.90 Å². The van der Waals surface area contributed by atoms with Crippen molar-refractivity contribution in [1.82, 2.24) is 14.8 Å². The van der Waals surface area contributed by atoms with Crippen molar-refractivity contribution in [3.05, 3.63) is 59.7 Å². The van der Waals surface area contributed by atoms with Crippen LogP contribution in [-0.2, 0) is 18.3 Å². The molecule has 0 bridgehead atoms. The first-order chi connectivity index (χ1) is 13.5. The average molecular weight is 393 g/mol.